The molecule has 1 aliphatic heterocycles. The van der Waals surface area contributed by atoms with E-state index in [2.05, 4.69) is 43.3 Å². The average Bonchev–Trinajstić information content (AvgIpc) is 2.71. The molecule has 1 spiro atoms. The number of hydrogen-bond donors (Lipinski definition) is 2. The Morgan fingerprint density at radius 1 is 1.53 bits per heavy atom. The standard InChI is InChI=1S/C13H23N3O/c1-5-9-6-7-13(8-9)10(17)14-11(16-13)15-12(2,3)4/h9H,5-8H2,1-4H3,(H2,14,15,16,17). The van der Waals surface area contributed by atoms with Gasteiger partial charge in [-0.25, -0.2) is 4.99 Å². The van der Waals surface area contributed by atoms with Gasteiger partial charge in [0.05, 0.1) is 0 Å². The van der Waals surface area contributed by atoms with Crippen molar-refractivity contribution in [2.75, 3.05) is 0 Å². The lowest BCUT2D eigenvalue weighted by atomic mass is 9.96. The summed E-state index contributed by atoms with van der Waals surface area (Å²) in [7, 11) is 0. The Bertz CT molecular complexity index is 356. The quantitative estimate of drug-likeness (QED) is 0.731. The topological polar surface area (TPSA) is 53.5 Å². The van der Waals surface area contributed by atoms with Crippen molar-refractivity contribution in [3.05, 3.63) is 0 Å². The highest BCUT2D eigenvalue weighted by atomic mass is 16.2. The van der Waals surface area contributed by atoms with Gasteiger partial charge >= 0.3 is 0 Å². The number of carbonyl (C=O) groups excluding carboxylic acids is 1. The zero-order chi connectivity index (χ0) is 12.7. The summed E-state index contributed by atoms with van der Waals surface area (Å²) in [6.07, 6.45) is 4.07. The SMILES string of the molecule is CCC1CCC2(C1)N=C(NC(C)(C)C)NC2=O. The number of carbonyl (C=O) groups is 1. The second kappa shape index (κ2) is 4.00. The summed E-state index contributed by atoms with van der Waals surface area (Å²) >= 11 is 0. The first-order valence-corrected chi connectivity index (χ1v) is 6.54. The number of hydrogen-bond acceptors (Lipinski definition) is 3. The van der Waals surface area contributed by atoms with E-state index in [4.69, 9.17) is 0 Å². The summed E-state index contributed by atoms with van der Waals surface area (Å²) in [4.78, 5) is 16.7. The van der Waals surface area contributed by atoms with Crippen LogP contribution in [0.3, 0.4) is 0 Å². The molecule has 2 atom stereocenters. The molecule has 4 nitrogen and oxygen atoms in total. The molecule has 0 aromatic rings. The molecule has 2 rings (SSSR count). The van der Waals surface area contributed by atoms with Gasteiger partial charge in [0.2, 0.25) is 0 Å². The molecular formula is C13H23N3O. The predicted octanol–water partition coefficient (Wildman–Crippen LogP) is 1.81. The van der Waals surface area contributed by atoms with Crippen LogP contribution >= 0.6 is 0 Å². The van der Waals surface area contributed by atoms with Gasteiger partial charge in [0.15, 0.2) is 5.96 Å². The maximum atomic E-state index is 12.1. The fourth-order valence-corrected chi connectivity index (χ4v) is 2.71. The van der Waals surface area contributed by atoms with Crippen LogP contribution < -0.4 is 10.6 Å². The summed E-state index contributed by atoms with van der Waals surface area (Å²) in [5.74, 6) is 1.39. The van der Waals surface area contributed by atoms with Crippen LogP contribution in [0.1, 0.15) is 53.4 Å². The van der Waals surface area contributed by atoms with Gasteiger partial charge in [0.1, 0.15) is 5.54 Å². The Balaban J connectivity index is 2.12. The Morgan fingerprint density at radius 3 is 2.76 bits per heavy atom. The largest absolute Gasteiger partial charge is 0.351 e. The third-order valence-electron chi connectivity index (χ3n) is 3.64. The molecule has 2 unspecified atom stereocenters. The van der Waals surface area contributed by atoms with Crippen LogP contribution in [-0.2, 0) is 4.79 Å². The van der Waals surface area contributed by atoms with Crippen LogP contribution in [0.4, 0.5) is 0 Å². The van der Waals surface area contributed by atoms with Crippen LogP contribution in [0.15, 0.2) is 4.99 Å². The fourth-order valence-electron chi connectivity index (χ4n) is 2.71. The lowest BCUT2D eigenvalue weighted by Crippen LogP contribution is -2.47. The molecule has 0 bridgehead atoms. The maximum Gasteiger partial charge on any atom is 0.254 e. The summed E-state index contributed by atoms with van der Waals surface area (Å²) < 4.78 is 0. The van der Waals surface area contributed by atoms with Gasteiger partial charge in [-0.05, 0) is 46.0 Å². The van der Waals surface area contributed by atoms with E-state index in [0.29, 0.717) is 11.9 Å². The molecule has 0 radical (unpaired) electrons. The molecule has 1 heterocycles. The molecule has 1 amide bonds. The van der Waals surface area contributed by atoms with Crippen molar-refractivity contribution in [2.45, 2.75) is 64.5 Å². The van der Waals surface area contributed by atoms with E-state index in [9.17, 15) is 4.79 Å². The number of rotatable bonds is 1. The summed E-state index contributed by atoms with van der Waals surface area (Å²) in [5, 5.41) is 6.14. The van der Waals surface area contributed by atoms with Gasteiger partial charge in [0, 0.05) is 5.54 Å². The van der Waals surface area contributed by atoms with Crippen molar-refractivity contribution in [3.63, 3.8) is 0 Å². The van der Waals surface area contributed by atoms with Crippen molar-refractivity contribution in [1.82, 2.24) is 10.6 Å². The minimum Gasteiger partial charge on any atom is -0.351 e. The van der Waals surface area contributed by atoms with Crippen LogP contribution in [0.25, 0.3) is 0 Å². The van der Waals surface area contributed by atoms with Gasteiger partial charge in [0.25, 0.3) is 5.91 Å². The zero-order valence-electron chi connectivity index (χ0n) is 11.3. The number of amides is 1. The second-order valence-corrected chi connectivity index (χ2v) is 6.34. The van der Waals surface area contributed by atoms with E-state index in [0.717, 1.165) is 25.7 Å². The van der Waals surface area contributed by atoms with Gasteiger partial charge in [-0.3, -0.25) is 10.1 Å². The van der Waals surface area contributed by atoms with Crippen molar-refractivity contribution in [2.24, 2.45) is 10.9 Å². The lowest BCUT2D eigenvalue weighted by Gasteiger charge is -2.21. The van der Waals surface area contributed by atoms with Gasteiger partial charge in [-0.1, -0.05) is 13.3 Å². The van der Waals surface area contributed by atoms with Crippen LogP contribution in [-0.4, -0.2) is 22.9 Å². The second-order valence-electron chi connectivity index (χ2n) is 6.34. The summed E-state index contributed by atoms with van der Waals surface area (Å²) in [6, 6.07) is 0. The van der Waals surface area contributed by atoms with Gasteiger partial charge in [-0.2, -0.15) is 0 Å². The summed E-state index contributed by atoms with van der Waals surface area (Å²) in [5.41, 5.74) is -0.533. The molecule has 1 saturated carbocycles. The van der Waals surface area contributed by atoms with Crippen molar-refractivity contribution in [1.29, 1.82) is 0 Å². The first kappa shape index (κ1) is 12.4. The van der Waals surface area contributed by atoms with Crippen molar-refractivity contribution >= 4 is 11.9 Å². The lowest BCUT2D eigenvalue weighted by molar-refractivity contribution is -0.123. The third kappa shape index (κ3) is 2.45. The highest BCUT2D eigenvalue weighted by molar-refractivity contribution is 6.07. The van der Waals surface area contributed by atoms with Crippen LogP contribution in [0, 0.1) is 5.92 Å². The molecule has 17 heavy (non-hydrogen) atoms. The van der Waals surface area contributed by atoms with Crippen molar-refractivity contribution in [3.8, 4) is 0 Å². The van der Waals surface area contributed by atoms with E-state index >= 15 is 0 Å². The number of aliphatic imine (C=N–C) groups is 1. The smallest absolute Gasteiger partial charge is 0.254 e. The normalized spacial score (nSPS) is 32.8. The predicted molar refractivity (Wildman–Crippen MR) is 68.8 cm³/mol. The van der Waals surface area contributed by atoms with Crippen LogP contribution in [0.2, 0.25) is 0 Å². The van der Waals surface area contributed by atoms with Crippen molar-refractivity contribution < 1.29 is 4.79 Å². The van der Waals surface area contributed by atoms with Gasteiger partial charge in [-0.15, -0.1) is 0 Å². The Labute approximate surface area is 103 Å². The Hall–Kier alpha value is -1.06. The van der Waals surface area contributed by atoms with E-state index < -0.39 is 5.54 Å². The zero-order valence-corrected chi connectivity index (χ0v) is 11.3. The highest BCUT2D eigenvalue weighted by Gasteiger charge is 2.48. The number of nitrogens with one attached hydrogen (secondary N) is 2. The maximum absolute atomic E-state index is 12.1. The number of nitrogens with zero attached hydrogens (tertiary/aromatic N) is 1. The molecule has 96 valence electrons. The molecule has 2 N–H and O–H groups in total. The van der Waals surface area contributed by atoms with E-state index in [1.165, 1.54) is 0 Å². The molecular weight excluding hydrogens is 214 g/mol. The first-order chi connectivity index (χ1) is 7.85. The molecule has 0 saturated heterocycles. The van der Waals surface area contributed by atoms with Crippen LogP contribution in [0.5, 0.6) is 0 Å². The third-order valence-corrected chi connectivity index (χ3v) is 3.64. The minimum absolute atomic E-state index is 0.0690. The molecule has 4 heteroatoms. The molecule has 1 fully saturated rings. The molecule has 0 aromatic carbocycles. The molecule has 0 aromatic heterocycles. The van der Waals surface area contributed by atoms with Gasteiger partial charge < -0.3 is 5.32 Å². The first-order valence-electron chi connectivity index (χ1n) is 6.54. The van der Waals surface area contributed by atoms with E-state index in [1.807, 2.05) is 0 Å². The minimum atomic E-state index is -0.464. The number of guanidine groups is 1. The Morgan fingerprint density at radius 2 is 2.24 bits per heavy atom. The summed E-state index contributed by atoms with van der Waals surface area (Å²) in [6.45, 7) is 8.39. The van der Waals surface area contributed by atoms with E-state index in [-0.39, 0.29) is 11.4 Å². The molecule has 2 aliphatic rings. The Kier molecular flexibility index (Phi) is 2.92. The highest BCUT2D eigenvalue weighted by Crippen LogP contribution is 2.41. The van der Waals surface area contributed by atoms with E-state index in [1.54, 1.807) is 0 Å². The fraction of sp³-hybridized carbons (Fsp3) is 0.846. The monoisotopic (exact) mass is 237 g/mol. The average molecular weight is 237 g/mol. The molecule has 1 aliphatic carbocycles.